The van der Waals surface area contributed by atoms with Crippen LogP contribution in [0.1, 0.15) is 59.8 Å². The maximum atomic E-state index is 12.1. The second-order valence-corrected chi connectivity index (χ2v) is 9.62. The lowest BCUT2D eigenvalue weighted by atomic mass is 9.70. The summed E-state index contributed by atoms with van der Waals surface area (Å²) in [6, 6.07) is 2.40. The number of hydrogen-bond acceptors (Lipinski definition) is 3. The average molecular weight is 271 g/mol. The van der Waals surface area contributed by atoms with Gasteiger partial charge in [-0.05, 0) is 58.8 Å². The van der Waals surface area contributed by atoms with E-state index in [1.807, 2.05) is 0 Å². The van der Waals surface area contributed by atoms with Crippen LogP contribution < -0.4 is 0 Å². The smallest absolute Gasteiger partial charge is 0.155 e. The van der Waals surface area contributed by atoms with E-state index in [1.165, 1.54) is 0 Å². The Morgan fingerprint density at radius 1 is 1.28 bits per heavy atom. The second kappa shape index (κ2) is 5.21. The molecule has 0 atom stereocenters. The van der Waals surface area contributed by atoms with Crippen LogP contribution in [0.5, 0.6) is 0 Å². The summed E-state index contributed by atoms with van der Waals surface area (Å²) < 4.78 is 23.5. The third kappa shape index (κ3) is 3.47. The van der Waals surface area contributed by atoms with Gasteiger partial charge < -0.3 is 0 Å². The molecule has 0 N–H and O–H groups in total. The molecule has 3 nitrogen and oxygen atoms in total. The Bertz CT molecular complexity index is 418. The van der Waals surface area contributed by atoms with Crippen LogP contribution in [-0.4, -0.2) is 18.9 Å². The van der Waals surface area contributed by atoms with E-state index in [0.717, 1.165) is 25.7 Å². The van der Waals surface area contributed by atoms with Crippen LogP contribution in [0.3, 0.4) is 0 Å². The Labute approximate surface area is 111 Å². The van der Waals surface area contributed by atoms with Crippen LogP contribution in [-0.2, 0) is 9.84 Å². The van der Waals surface area contributed by atoms with Gasteiger partial charge in [0, 0.05) is 0 Å². The van der Waals surface area contributed by atoms with E-state index < -0.39 is 20.0 Å². The summed E-state index contributed by atoms with van der Waals surface area (Å²) in [5.41, 5.74) is -0.398. The van der Waals surface area contributed by atoms with Crippen LogP contribution in [0, 0.1) is 22.7 Å². The van der Waals surface area contributed by atoms with Crippen molar-refractivity contribution in [1.29, 1.82) is 5.26 Å². The summed E-state index contributed by atoms with van der Waals surface area (Å²) in [6.07, 6.45) is 4.29. The first-order chi connectivity index (χ1) is 8.12. The van der Waals surface area contributed by atoms with Gasteiger partial charge >= 0.3 is 0 Å². The van der Waals surface area contributed by atoms with Gasteiger partial charge in [-0.25, -0.2) is 8.42 Å². The van der Waals surface area contributed by atoms with E-state index in [0.29, 0.717) is 12.3 Å². The molecule has 0 heterocycles. The van der Waals surface area contributed by atoms with Gasteiger partial charge in [0.05, 0.1) is 22.0 Å². The van der Waals surface area contributed by atoms with Crippen LogP contribution in [0.15, 0.2) is 0 Å². The minimum Gasteiger partial charge on any atom is -0.228 e. The number of nitriles is 1. The third-order valence-electron chi connectivity index (χ3n) is 4.25. The van der Waals surface area contributed by atoms with Crippen LogP contribution in [0.25, 0.3) is 0 Å². The quantitative estimate of drug-likeness (QED) is 0.791. The average Bonchev–Trinajstić information content (AvgIpc) is 2.28. The molecule has 0 aliphatic heterocycles. The minimum absolute atomic E-state index is 0.137. The molecule has 1 aliphatic carbocycles. The van der Waals surface area contributed by atoms with Crippen molar-refractivity contribution in [2.45, 2.75) is 64.5 Å². The first kappa shape index (κ1) is 15.5. The van der Waals surface area contributed by atoms with Gasteiger partial charge in [0.25, 0.3) is 0 Å². The molecule has 0 aromatic carbocycles. The summed E-state index contributed by atoms with van der Waals surface area (Å²) in [5.74, 6) is 0.809. The van der Waals surface area contributed by atoms with Crippen molar-refractivity contribution in [3.8, 4) is 6.07 Å². The lowest BCUT2D eigenvalue weighted by Crippen LogP contribution is -2.34. The second-order valence-electron chi connectivity index (χ2n) is 6.76. The molecule has 1 saturated carbocycles. The van der Waals surface area contributed by atoms with Crippen LogP contribution in [0.2, 0.25) is 0 Å². The highest BCUT2D eigenvalue weighted by Crippen LogP contribution is 2.41. The normalized spacial score (nSPS) is 29.8. The molecule has 1 fully saturated rings. The molecule has 104 valence electrons. The predicted octanol–water partition coefficient (Wildman–Crippen LogP) is 3.31. The van der Waals surface area contributed by atoms with E-state index in [-0.39, 0.29) is 5.75 Å². The molecule has 4 heteroatoms. The predicted molar refractivity (Wildman–Crippen MR) is 73.8 cm³/mol. The van der Waals surface area contributed by atoms with Gasteiger partial charge in [-0.1, -0.05) is 6.92 Å². The first-order valence-corrected chi connectivity index (χ1v) is 8.41. The first-order valence-electron chi connectivity index (χ1n) is 6.75. The Balaban J connectivity index is 2.70. The summed E-state index contributed by atoms with van der Waals surface area (Å²) in [5, 5.41) is 9.38. The zero-order chi connectivity index (χ0) is 14.0. The van der Waals surface area contributed by atoms with Crippen molar-refractivity contribution in [3.05, 3.63) is 0 Å². The van der Waals surface area contributed by atoms with Gasteiger partial charge in [0.15, 0.2) is 9.84 Å². The van der Waals surface area contributed by atoms with Gasteiger partial charge in [-0.2, -0.15) is 5.26 Å². The molecule has 1 aliphatic rings. The highest BCUT2D eigenvalue weighted by atomic mass is 32.2. The van der Waals surface area contributed by atoms with Crippen molar-refractivity contribution in [3.63, 3.8) is 0 Å². The summed E-state index contributed by atoms with van der Waals surface area (Å²) in [6.45, 7) is 7.38. The fourth-order valence-corrected chi connectivity index (χ4v) is 3.64. The summed E-state index contributed by atoms with van der Waals surface area (Å²) in [4.78, 5) is 0. The Kier molecular flexibility index (Phi) is 4.48. The topological polar surface area (TPSA) is 57.9 Å². The highest BCUT2D eigenvalue weighted by molar-refractivity contribution is 7.92. The molecular weight excluding hydrogens is 246 g/mol. The molecule has 0 radical (unpaired) electrons. The maximum absolute atomic E-state index is 12.1. The molecule has 0 amide bonds. The maximum Gasteiger partial charge on any atom is 0.155 e. The van der Waals surface area contributed by atoms with E-state index in [4.69, 9.17) is 0 Å². The Hall–Kier alpha value is -0.560. The van der Waals surface area contributed by atoms with Crippen LogP contribution in [0.4, 0.5) is 0 Å². The number of rotatable bonds is 3. The molecule has 0 aromatic heterocycles. The molecule has 0 unspecified atom stereocenters. The number of sulfone groups is 1. The third-order valence-corrected chi connectivity index (χ3v) is 6.86. The standard InChI is InChI=1S/C14H25NO2S/c1-12-5-7-14(11-15,8-6-12)9-10-18(16,17)13(2,3)4/h12H,5-10H2,1-4H3. The summed E-state index contributed by atoms with van der Waals surface area (Å²) >= 11 is 0. The van der Waals surface area contributed by atoms with Crippen molar-refractivity contribution in [1.82, 2.24) is 0 Å². The molecule has 0 spiro atoms. The van der Waals surface area contributed by atoms with Crippen molar-refractivity contribution >= 4 is 9.84 Å². The van der Waals surface area contributed by atoms with E-state index in [2.05, 4.69) is 13.0 Å². The lowest BCUT2D eigenvalue weighted by molar-refractivity contribution is 0.214. The van der Waals surface area contributed by atoms with Gasteiger partial charge in [0.1, 0.15) is 0 Å². The van der Waals surface area contributed by atoms with E-state index in [1.54, 1.807) is 20.8 Å². The lowest BCUT2D eigenvalue weighted by Gasteiger charge is -2.34. The fourth-order valence-electron chi connectivity index (χ4n) is 2.37. The van der Waals surface area contributed by atoms with Crippen molar-refractivity contribution < 1.29 is 8.42 Å². The number of nitrogens with zero attached hydrogens (tertiary/aromatic N) is 1. The largest absolute Gasteiger partial charge is 0.228 e. The molecule has 1 rings (SSSR count). The summed E-state index contributed by atoms with van der Waals surface area (Å²) in [7, 11) is -3.11. The van der Waals surface area contributed by atoms with Gasteiger partial charge in [-0.15, -0.1) is 0 Å². The number of hydrogen-bond donors (Lipinski definition) is 0. The molecule has 0 saturated heterocycles. The van der Waals surface area contributed by atoms with E-state index >= 15 is 0 Å². The Morgan fingerprint density at radius 2 is 1.78 bits per heavy atom. The fraction of sp³-hybridized carbons (Fsp3) is 0.929. The Morgan fingerprint density at radius 3 is 2.17 bits per heavy atom. The molecular formula is C14H25NO2S. The van der Waals surface area contributed by atoms with Crippen molar-refractivity contribution in [2.24, 2.45) is 11.3 Å². The highest BCUT2D eigenvalue weighted by Gasteiger charge is 2.37. The zero-order valence-corrected chi connectivity index (χ0v) is 12.8. The zero-order valence-electron chi connectivity index (χ0n) is 12.0. The molecule has 18 heavy (non-hydrogen) atoms. The minimum atomic E-state index is -3.11. The van der Waals surface area contributed by atoms with Gasteiger partial charge in [-0.3, -0.25) is 0 Å². The van der Waals surface area contributed by atoms with Crippen molar-refractivity contribution in [2.75, 3.05) is 5.75 Å². The SMILES string of the molecule is CC1CCC(C#N)(CCS(=O)(=O)C(C)(C)C)CC1. The van der Waals surface area contributed by atoms with Crippen LogP contribution >= 0.6 is 0 Å². The van der Waals surface area contributed by atoms with Gasteiger partial charge in [0.2, 0.25) is 0 Å². The molecule has 0 bridgehead atoms. The monoisotopic (exact) mass is 271 g/mol. The molecule has 0 aromatic rings. The van der Waals surface area contributed by atoms with E-state index in [9.17, 15) is 13.7 Å².